The minimum Gasteiger partial charge on any atom is -0.508 e. The Morgan fingerprint density at radius 2 is 2.00 bits per heavy atom. The molecular weight excluding hydrogens is 172 g/mol. The Bertz CT molecular complexity index is 318. The smallest absolute Gasteiger partial charge is 0.115 e. The van der Waals surface area contributed by atoms with Gasteiger partial charge in [-0.3, -0.25) is 0 Å². The Morgan fingerprint density at radius 1 is 1.29 bits per heavy atom. The third-order valence-corrected chi connectivity index (χ3v) is 2.42. The predicted octanol–water partition coefficient (Wildman–Crippen LogP) is 3.69. The van der Waals surface area contributed by atoms with Crippen molar-refractivity contribution in [1.29, 1.82) is 0 Å². The maximum Gasteiger partial charge on any atom is 0.115 e. The summed E-state index contributed by atoms with van der Waals surface area (Å²) in [5.74, 6) is 0.541. The minimum atomic E-state index is 0.190. The first kappa shape index (κ1) is 10.6. The number of aliphatic hydroxyl groups excluding tert-OH is 1. The number of hydrogen-bond donors (Lipinski definition) is 1. The van der Waals surface area contributed by atoms with E-state index in [9.17, 15) is 5.11 Å². The van der Waals surface area contributed by atoms with Crippen LogP contribution in [0.5, 0.6) is 0 Å². The van der Waals surface area contributed by atoms with Crippen LogP contribution in [0.15, 0.2) is 60.9 Å². The van der Waals surface area contributed by atoms with Crippen LogP contribution in [0, 0.1) is 5.92 Å². The Hall–Kier alpha value is -1.50. The molecule has 0 aliphatic heterocycles. The maximum absolute atomic E-state index is 9.68. The van der Waals surface area contributed by atoms with Crippen molar-refractivity contribution in [3.05, 3.63) is 60.9 Å². The van der Waals surface area contributed by atoms with Gasteiger partial charge in [-0.2, -0.15) is 0 Å². The molecule has 0 fully saturated rings. The second-order valence-electron chi connectivity index (χ2n) is 3.39. The van der Waals surface area contributed by atoms with E-state index in [1.54, 1.807) is 12.2 Å². The largest absolute Gasteiger partial charge is 0.508 e. The molecule has 1 N–H and O–H groups in total. The summed E-state index contributed by atoms with van der Waals surface area (Å²) in [5.41, 5.74) is 2.02. The molecule has 0 aromatic heterocycles. The molecule has 0 radical (unpaired) electrons. The summed E-state index contributed by atoms with van der Waals surface area (Å²) in [5, 5.41) is 9.68. The molecule has 0 amide bonds. The highest BCUT2D eigenvalue weighted by Gasteiger charge is 2.20. The van der Waals surface area contributed by atoms with Crippen molar-refractivity contribution in [2.45, 2.75) is 12.8 Å². The van der Waals surface area contributed by atoms with E-state index in [4.69, 9.17) is 0 Å². The molecule has 0 aromatic rings. The van der Waals surface area contributed by atoms with E-state index in [0.717, 1.165) is 17.6 Å². The van der Waals surface area contributed by atoms with E-state index in [2.05, 4.69) is 19.7 Å². The molecule has 1 heteroatoms. The lowest BCUT2D eigenvalue weighted by Crippen LogP contribution is -2.10. The van der Waals surface area contributed by atoms with Gasteiger partial charge in [-0.1, -0.05) is 24.8 Å². The molecule has 0 saturated carbocycles. The van der Waals surface area contributed by atoms with Crippen LogP contribution in [0.1, 0.15) is 12.8 Å². The lowest BCUT2D eigenvalue weighted by Gasteiger charge is -2.23. The van der Waals surface area contributed by atoms with Crippen LogP contribution in [-0.4, -0.2) is 5.11 Å². The second-order valence-corrected chi connectivity index (χ2v) is 3.39. The van der Waals surface area contributed by atoms with Crippen molar-refractivity contribution in [2.75, 3.05) is 0 Å². The van der Waals surface area contributed by atoms with E-state index in [1.807, 2.05) is 12.2 Å². The van der Waals surface area contributed by atoms with Gasteiger partial charge in [-0.05, 0) is 30.1 Å². The molecule has 0 bridgehead atoms. The fourth-order valence-corrected chi connectivity index (χ4v) is 1.67. The van der Waals surface area contributed by atoms with Crippen molar-refractivity contribution >= 4 is 0 Å². The van der Waals surface area contributed by atoms with Crippen LogP contribution >= 0.6 is 0 Å². The first-order valence-electron chi connectivity index (χ1n) is 4.71. The van der Waals surface area contributed by atoms with Gasteiger partial charge in [-0.25, -0.2) is 0 Å². The van der Waals surface area contributed by atoms with Gasteiger partial charge in [0.25, 0.3) is 0 Å². The molecular formula is C13H16O. The van der Waals surface area contributed by atoms with E-state index in [0.29, 0.717) is 12.2 Å². The number of hydrogen-bond acceptors (Lipinski definition) is 1. The van der Waals surface area contributed by atoms with Crippen LogP contribution in [-0.2, 0) is 0 Å². The SMILES string of the molecule is C=CCC1=C(O)C=CC(=C)C1CC=C. The lowest BCUT2D eigenvalue weighted by molar-refractivity contribution is 0.411. The summed E-state index contributed by atoms with van der Waals surface area (Å²) in [6, 6.07) is 0. The summed E-state index contributed by atoms with van der Waals surface area (Å²) in [4.78, 5) is 0. The minimum absolute atomic E-state index is 0.190. The summed E-state index contributed by atoms with van der Waals surface area (Å²) in [6.45, 7) is 11.4. The van der Waals surface area contributed by atoms with Crippen molar-refractivity contribution in [1.82, 2.24) is 0 Å². The van der Waals surface area contributed by atoms with E-state index in [1.165, 1.54) is 0 Å². The molecule has 1 rings (SSSR count). The zero-order valence-electron chi connectivity index (χ0n) is 8.37. The molecule has 0 saturated heterocycles. The topological polar surface area (TPSA) is 20.2 Å². The van der Waals surface area contributed by atoms with Gasteiger partial charge in [0.05, 0.1) is 0 Å². The predicted molar refractivity (Wildman–Crippen MR) is 61.1 cm³/mol. The van der Waals surface area contributed by atoms with Gasteiger partial charge in [-0.15, -0.1) is 13.2 Å². The highest BCUT2D eigenvalue weighted by Crippen LogP contribution is 2.32. The van der Waals surface area contributed by atoms with Crippen molar-refractivity contribution in [3.8, 4) is 0 Å². The Morgan fingerprint density at radius 3 is 2.57 bits per heavy atom. The molecule has 74 valence electrons. The van der Waals surface area contributed by atoms with Gasteiger partial charge in [0, 0.05) is 5.92 Å². The molecule has 1 unspecified atom stereocenters. The maximum atomic E-state index is 9.68. The Labute approximate surface area is 85.5 Å². The fourth-order valence-electron chi connectivity index (χ4n) is 1.67. The van der Waals surface area contributed by atoms with Crippen LogP contribution < -0.4 is 0 Å². The Balaban J connectivity index is 2.98. The van der Waals surface area contributed by atoms with Gasteiger partial charge in [0.15, 0.2) is 0 Å². The first-order valence-corrected chi connectivity index (χ1v) is 4.71. The molecule has 14 heavy (non-hydrogen) atoms. The highest BCUT2D eigenvalue weighted by molar-refractivity contribution is 5.40. The fraction of sp³-hybridized carbons (Fsp3) is 0.231. The van der Waals surface area contributed by atoms with Crippen LogP contribution in [0.25, 0.3) is 0 Å². The molecule has 1 aliphatic rings. The lowest BCUT2D eigenvalue weighted by atomic mass is 9.83. The molecule has 0 spiro atoms. The second kappa shape index (κ2) is 4.66. The van der Waals surface area contributed by atoms with Crippen molar-refractivity contribution in [2.24, 2.45) is 5.92 Å². The third kappa shape index (κ3) is 2.05. The highest BCUT2D eigenvalue weighted by atomic mass is 16.3. The number of allylic oxidation sites excluding steroid dienone is 6. The molecule has 0 heterocycles. The zero-order valence-corrected chi connectivity index (χ0v) is 8.37. The van der Waals surface area contributed by atoms with E-state index in [-0.39, 0.29) is 5.92 Å². The third-order valence-electron chi connectivity index (χ3n) is 2.42. The Kier molecular flexibility index (Phi) is 3.52. The van der Waals surface area contributed by atoms with Crippen LogP contribution in [0.2, 0.25) is 0 Å². The normalized spacial score (nSPS) is 21.1. The number of aliphatic hydroxyl groups is 1. The number of rotatable bonds is 4. The summed E-state index contributed by atoms with van der Waals surface area (Å²) in [7, 11) is 0. The monoisotopic (exact) mass is 188 g/mol. The van der Waals surface area contributed by atoms with Gasteiger partial charge < -0.3 is 5.11 Å². The van der Waals surface area contributed by atoms with Crippen LogP contribution in [0.3, 0.4) is 0 Å². The van der Waals surface area contributed by atoms with E-state index < -0.39 is 0 Å². The molecule has 1 aliphatic carbocycles. The summed E-state index contributed by atoms with van der Waals surface area (Å²) >= 11 is 0. The first-order chi connectivity index (χ1) is 6.70. The quantitative estimate of drug-likeness (QED) is 0.667. The molecule has 1 nitrogen and oxygen atoms in total. The van der Waals surface area contributed by atoms with Gasteiger partial charge in [0.2, 0.25) is 0 Å². The van der Waals surface area contributed by atoms with Gasteiger partial charge >= 0.3 is 0 Å². The summed E-state index contributed by atoms with van der Waals surface area (Å²) < 4.78 is 0. The van der Waals surface area contributed by atoms with Crippen molar-refractivity contribution < 1.29 is 5.11 Å². The van der Waals surface area contributed by atoms with Crippen molar-refractivity contribution in [3.63, 3.8) is 0 Å². The molecule has 0 aromatic carbocycles. The summed E-state index contributed by atoms with van der Waals surface area (Å²) in [6.07, 6.45) is 8.72. The average Bonchev–Trinajstić information content (AvgIpc) is 2.17. The average molecular weight is 188 g/mol. The standard InChI is InChI=1S/C13H16O/c1-4-6-11-10(3)8-9-13(14)12(11)7-5-2/h4-5,8-9,11,14H,1-3,6-7H2. The zero-order chi connectivity index (χ0) is 10.6. The molecule has 1 atom stereocenters. The van der Waals surface area contributed by atoms with Gasteiger partial charge in [0.1, 0.15) is 5.76 Å². The van der Waals surface area contributed by atoms with E-state index >= 15 is 0 Å². The van der Waals surface area contributed by atoms with Crippen LogP contribution in [0.4, 0.5) is 0 Å².